The van der Waals surface area contributed by atoms with Crippen molar-refractivity contribution < 1.29 is 14.3 Å². The Labute approximate surface area is 117 Å². The van der Waals surface area contributed by atoms with Gasteiger partial charge in [-0.15, -0.1) is 0 Å². The number of para-hydroxylation sites is 1. The number of nitrogens with zero attached hydrogens (tertiary/aromatic N) is 2. The van der Waals surface area contributed by atoms with Crippen LogP contribution in [-0.2, 0) is 0 Å². The summed E-state index contributed by atoms with van der Waals surface area (Å²) in [5, 5.41) is 13.4. The molecule has 3 aromatic rings. The molecule has 0 radical (unpaired) electrons. The lowest BCUT2D eigenvalue weighted by Gasteiger charge is -2.09. The monoisotopic (exact) mass is 284 g/mol. The third-order valence-electron chi connectivity index (χ3n) is 3.09. The Balaban J connectivity index is 2.45. The third-order valence-corrected chi connectivity index (χ3v) is 3.09. The van der Waals surface area contributed by atoms with Crippen molar-refractivity contribution in [2.45, 2.75) is 0 Å². The highest BCUT2D eigenvalue weighted by Gasteiger charge is 2.17. The minimum absolute atomic E-state index is 0.0873. The number of fused-ring (bicyclic) bond motifs is 1. The van der Waals surface area contributed by atoms with Crippen LogP contribution in [0.4, 0.5) is 4.39 Å². The maximum Gasteiger partial charge on any atom is 0.357 e. The van der Waals surface area contributed by atoms with Gasteiger partial charge < -0.3 is 5.11 Å². The van der Waals surface area contributed by atoms with E-state index in [4.69, 9.17) is 0 Å². The molecule has 0 bridgehead atoms. The summed E-state index contributed by atoms with van der Waals surface area (Å²) in [5.41, 5.74) is -0.954. The molecule has 3 rings (SSSR count). The molecule has 0 saturated carbocycles. The van der Waals surface area contributed by atoms with Crippen LogP contribution in [0.2, 0.25) is 0 Å². The molecule has 104 valence electrons. The van der Waals surface area contributed by atoms with Crippen LogP contribution in [0.25, 0.3) is 16.5 Å². The zero-order valence-electron chi connectivity index (χ0n) is 10.7. The second-order valence-corrected chi connectivity index (χ2v) is 4.37. The first-order chi connectivity index (χ1) is 10.1. The van der Waals surface area contributed by atoms with Crippen molar-refractivity contribution in [1.82, 2.24) is 9.78 Å². The van der Waals surface area contributed by atoms with Gasteiger partial charge in [0, 0.05) is 5.39 Å². The van der Waals surface area contributed by atoms with Crippen LogP contribution in [0.3, 0.4) is 0 Å². The van der Waals surface area contributed by atoms with Gasteiger partial charge >= 0.3 is 5.97 Å². The number of halogens is 1. The maximum atomic E-state index is 13.8. The summed E-state index contributed by atoms with van der Waals surface area (Å²) in [7, 11) is 0. The van der Waals surface area contributed by atoms with Crippen molar-refractivity contribution in [2.24, 2.45) is 0 Å². The van der Waals surface area contributed by atoms with Crippen LogP contribution in [0, 0.1) is 5.82 Å². The molecule has 0 amide bonds. The minimum Gasteiger partial charge on any atom is -0.476 e. The fraction of sp³-hybridized carbons (Fsp3) is 0. The zero-order valence-corrected chi connectivity index (χ0v) is 10.7. The SMILES string of the molecule is O=C(O)c1nn(-c2ccccc2F)c(=O)c2ccccc12. The second-order valence-electron chi connectivity index (χ2n) is 4.37. The molecule has 1 heterocycles. The summed E-state index contributed by atoms with van der Waals surface area (Å²) < 4.78 is 14.6. The van der Waals surface area contributed by atoms with Gasteiger partial charge in [0.05, 0.1) is 5.39 Å². The van der Waals surface area contributed by atoms with E-state index in [1.807, 2.05) is 0 Å². The highest BCUT2D eigenvalue weighted by molar-refractivity contribution is 6.01. The average Bonchev–Trinajstić information content (AvgIpc) is 2.48. The van der Waals surface area contributed by atoms with E-state index in [0.29, 0.717) is 0 Å². The van der Waals surface area contributed by atoms with Crippen molar-refractivity contribution in [3.8, 4) is 5.69 Å². The number of hydrogen-bond acceptors (Lipinski definition) is 3. The van der Waals surface area contributed by atoms with E-state index in [0.717, 1.165) is 4.68 Å². The Kier molecular flexibility index (Phi) is 2.98. The number of rotatable bonds is 2. The van der Waals surface area contributed by atoms with Crippen LogP contribution >= 0.6 is 0 Å². The van der Waals surface area contributed by atoms with Crippen molar-refractivity contribution in [3.63, 3.8) is 0 Å². The first-order valence-corrected chi connectivity index (χ1v) is 6.10. The maximum absolute atomic E-state index is 13.8. The van der Waals surface area contributed by atoms with Crippen LogP contribution in [-0.4, -0.2) is 20.9 Å². The summed E-state index contributed by atoms with van der Waals surface area (Å²) in [4.78, 5) is 23.7. The molecular formula is C15H9FN2O3. The molecule has 0 spiro atoms. The molecule has 6 heteroatoms. The highest BCUT2D eigenvalue weighted by atomic mass is 19.1. The third kappa shape index (κ3) is 2.06. The van der Waals surface area contributed by atoms with Gasteiger partial charge in [0.1, 0.15) is 11.5 Å². The van der Waals surface area contributed by atoms with Crippen LogP contribution < -0.4 is 5.56 Å². The zero-order chi connectivity index (χ0) is 15.0. The number of benzene rings is 2. The standard InChI is InChI=1S/C15H9FN2O3/c16-11-7-3-4-8-12(11)18-14(19)10-6-2-1-5-9(10)13(17-18)15(20)21/h1-8H,(H,20,21). The summed E-state index contributed by atoms with van der Waals surface area (Å²) >= 11 is 0. The normalized spacial score (nSPS) is 10.7. The summed E-state index contributed by atoms with van der Waals surface area (Å²) in [6.07, 6.45) is 0. The van der Waals surface area contributed by atoms with E-state index >= 15 is 0 Å². The number of hydrogen-bond donors (Lipinski definition) is 1. The van der Waals surface area contributed by atoms with Crippen molar-refractivity contribution >= 4 is 16.7 Å². The molecule has 0 aliphatic rings. The fourth-order valence-corrected chi connectivity index (χ4v) is 2.13. The highest BCUT2D eigenvalue weighted by Crippen LogP contribution is 2.16. The van der Waals surface area contributed by atoms with Crippen LogP contribution in [0.1, 0.15) is 10.5 Å². The average molecular weight is 284 g/mol. The van der Waals surface area contributed by atoms with Gasteiger partial charge in [-0.2, -0.15) is 9.78 Å². The lowest BCUT2D eigenvalue weighted by atomic mass is 10.1. The largest absolute Gasteiger partial charge is 0.476 e. The Bertz CT molecular complexity index is 918. The minimum atomic E-state index is -1.28. The van der Waals surface area contributed by atoms with E-state index in [1.54, 1.807) is 18.2 Å². The Morgan fingerprint density at radius 1 is 1.05 bits per heavy atom. The first-order valence-electron chi connectivity index (χ1n) is 6.10. The summed E-state index contributed by atoms with van der Waals surface area (Å²) in [5.74, 6) is -1.94. The smallest absolute Gasteiger partial charge is 0.357 e. The number of aromatic carboxylic acids is 1. The van der Waals surface area contributed by atoms with E-state index < -0.39 is 17.3 Å². The molecule has 2 aromatic carbocycles. The summed E-state index contributed by atoms with van der Waals surface area (Å²) in [6.45, 7) is 0. The number of aromatic nitrogens is 2. The molecule has 0 aliphatic heterocycles. The van der Waals surface area contributed by atoms with E-state index in [9.17, 15) is 19.1 Å². The molecule has 5 nitrogen and oxygen atoms in total. The molecule has 0 saturated heterocycles. The molecule has 0 unspecified atom stereocenters. The Morgan fingerprint density at radius 3 is 2.33 bits per heavy atom. The van der Waals surface area contributed by atoms with Crippen molar-refractivity contribution in [3.05, 3.63) is 70.4 Å². The predicted molar refractivity (Wildman–Crippen MR) is 74.3 cm³/mol. The van der Waals surface area contributed by atoms with Crippen molar-refractivity contribution in [1.29, 1.82) is 0 Å². The van der Waals surface area contributed by atoms with E-state index in [1.165, 1.54) is 30.3 Å². The molecule has 0 aliphatic carbocycles. The quantitative estimate of drug-likeness (QED) is 0.783. The van der Waals surface area contributed by atoms with E-state index in [-0.39, 0.29) is 22.2 Å². The Morgan fingerprint density at radius 2 is 1.67 bits per heavy atom. The predicted octanol–water partition coefficient (Wildman–Crippen LogP) is 2.22. The Hall–Kier alpha value is -3.02. The van der Waals surface area contributed by atoms with Gasteiger partial charge in [-0.3, -0.25) is 4.79 Å². The fourth-order valence-electron chi connectivity index (χ4n) is 2.13. The number of carboxylic acids is 1. The van der Waals surface area contributed by atoms with Gasteiger partial charge in [-0.25, -0.2) is 9.18 Å². The lowest BCUT2D eigenvalue weighted by molar-refractivity contribution is 0.0690. The van der Waals surface area contributed by atoms with Gasteiger partial charge in [0.15, 0.2) is 5.69 Å². The first kappa shape index (κ1) is 13.0. The second kappa shape index (κ2) is 4.82. The van der Waals surface area contributed by atoms with Crippen molar-refractivity contribution in [2.75, 3.05) is 0 Å². The van der Waals surface area contributed by atoms with Crippen LogP contribution in [0.5, 0.6) is 0 Å². The molecule has 1 N–H and O–H groups in total. The molecule has 21 heavy (non-hydrogen) atoms. The summed E-state index contributed by atoms with van der Waals surface area (Å²) in [6, 6.07) is 11.8. The molecule has 0 atom stereocenters. The van der Waals surface area contributed by atoms with Gasteiger partial charge in [0.2, 0.25) is 0 Å². The lowest BCUT2D eigenvalue weighted by Crippen LogP contribution is -2.25. The molecule has 1 aromatic heterocycles. The molecular weight excluding hydrogens is 275 g/mol. The van der Waals surface area contributed by atoms with E-state index in [2.05, 4.69) is 5.10 Å². The molecule has 0 fully saturated rings. The van der Waals surface area contributed by atoms with Gasteiger partial charge in [0.25, 0.3) is 5.56 Å². The number of carboxylic acid groups (broad SMARTS) is 1. The van der Waals surface area contributed by atoms with Gasteiger partial charge in [-0.05, 0) is 18.2 Å². The topological polar surface area (TPSA) is 72.2 Å². The number of carbonyl (C=O) groups is 1. The van der Waals surface area contributed by atoms with Gasteiger partial charge in [-0.1, -0.05) is 30.3 Å². The van der Waals surface area contributed by atoms with Crippen LogP contribution in [0.15, 0.2) is 53.3 Å².